The standard InChI is InChI=1S/C18H13ClF3N3O2/c1-9-6-16(26)10(7-12(9)19)14-8-15(25-24-14)17(27)23-13-5-3-2-4-11(13)18(20,21)22/h2-8,26H,1H3,(H,23,27)(H,24,25). The SMILES string of the molecule is Cc1cc(O)c(-c2cc(C(=O)Nc3ccccc3C(F)(F)F)[nH]n2)cc1Cl. The van der Waals surface area contributed by atoms with E-state index in [1.807, 2.05) is 0 Å². The molecule has 5 nitrogen and oxygen atoms in total. The molecule has 1 aromatic heterocycles. The molecule has 0 bridgehead atoms. The molecule has 1 heterocycles. The molecular weight excluding hydrogens is 383 g/mol. The number of carbonyl (C=O) groups excluding carboxylic acids is 1. The molecule has 0 atom stereocenters. The van der Waals surface area contributed by atoms with Crippen LogP contribution in [0.5, 0.6) is 5.75 Å². The molecule has 3 rings (SSSR count). The maximum atomic E-state index is 13.0. The Morgan fingerprint density at radius 1 is 1.22 bits per heavy atom. The van der Waals surface area contributed by atoms with Crippen LogP contribution >= 0.6 is 11.6 Å². The second kappa shape index (κ2) is 6.96. The number of aromatic nitrogens is 2. The van der Waals surface area contributed by atoms with E-state index in [1.54, 1.807) is 6.92 Å². The Labute approximate surface area is 156 Å². The molecule has 3 aromatic rings. The summed E-state index contributed by atoms with van der Waals surface area (Å²) >= 11 is 6.04. The first-order chi connectivity index (χ1) is 12.7. The number of hydrogen-bond donors (Lipinski definition) is 3. The Balaban J connectivity index is 1.88. The summed E-state index contributed by atoms with van der Waals surface area (Å²) in [5, 5.41) is 19.0. The first-order valence-corrected chi connectivity index (χ1v) is 8.07. The van der Waals surface area contributed by atoms with Gasteiger partial charge >= 0.3 is 6.18 Å². The molecule has 140 valence electrons. The second-order valence-electron chi connectivity index (χ2n) is 5.78. The number of phenolic OH excluding ortho intramolecular Hbond substituents is 1. The maximum Gasteiger partial charge on any atom is 0.418 e. The molecule has 9 heteroatoms. The normalized spacial score (nSPS) is 11.4. The summed E-state index contributed by atoms with van der Waals surface area (Å²) in [5.74, 6) is -0.888. The fourth-order valence-electron chi connectivity index (χ4n) is 2.48. The van der Waals surface area contributed by atoms with E-state index in [0.29, 0.717) is 10.6 Å². The molecule has 0 spiro atoms. The third kappa shape index (κ3) is 3.90. The zero-order valence-corrected chi connectivity index (χ0v) is 14.6. The van der Waals surface area contributed by atoms with Crippen LogP contribution in [0.4, 0.5) is 18.9 Å². The number of H-pyrrole nitrogens is 1. The fraction of sp³-hybridized carbons (Fsp3) is 0.111. The summed E-state index contributed by atoms with van der Waals surface area (Å²) in [7, 11) is 0. The van der Waals surface area contributed by atoms with Gasteiger partial charge in [0.05, 0.1) is 16.9 Å². The van der Waals surface area contributed by atoms with Gasteiger partial charge in [-0.1, -0.05) is 23.7 Å². The minimum absolute atomic E-state index is 0.0712. The molecule has 0 saturated heterocycles. The summed E-state index contributed by atoms with van der Waals surface area (Å²) in [5.41, 5.74) is -0.220. The van der Waals surface area contributed by atoms with Crippen LogP contribution in [0.15, 0.2) is 42.5 Å². The minimum Gasteiger partial charge on any atom is -0.507 e. The van der Waals surface area contributed by atoms with Gasteiger partial charge in [0.25, 0.3) is 5.91 Å². The number of phenols is 1. The van der Waals surface area contributed by atoms with Crippen molar-refractivity contribution in [1.82, 2.24) is 10.2 Å². The zero-order valence-electron chi connectivity index (χ0n) is 13.9. The van der Waals surface area contributed by atoms with E-state index in [4.69, 9.17) is 11.6 Å². The number of halogens is 4. The summed E-state index contributed by atoms with van der Waals surface area (Å²) in [6.45, 7) is 1.72. The van der Waals surface area contributed by atoms with Crippen LogP contribution in [0.1, 0.15) is 21.6 Å². The van der Waals surface area contributed by atoms with E-state index in [0.717, 1.165) is 12.1 Å². The maximum absolute atomic E-state index is 13.0. The molecule has 0 fully saturated rings. The number of nitrogens with one attached hydrogen (secondary N) is 2. The number of anilines is 1. The van der Waals surface area contributed by atoms with Gasteiger partial charge in [-0.2, -0.15) is 18.3 Å². The van der Waals surface area contributed by atoms with Crippen LogP contribution in [-0.4, -0.2) is 21.2 Å². The second-order valence-corrected chi connectivity index (χ2v) is 6.19. The number of rotatable bonds is 3. The summed E-state index contributed by atoms with van der Waals surface area (Å²) in [4.78, 5) is 12.3. The van der Waals surface area contributed by atoms with E-state index in [-0.39, 0.29) is 28.4 Å². The van der Waals surface area contributed by atoms with Crippen molar-refractivity contribution in [2.24, 2.45) is 0 Å². The van der Waals surface area contributed by atoms with Gasteiger partial charge < -0.3 is 10.4 Å². The number of benzene rings is 2. The van der Waals surface area contributed by atoms with Gasteiger partial charge in [0.15, 0.2) is 0 Å². The predicted octanol–water partition coefficient (Wildman–Crippen LogP) is 5.02. The van der Waals surface area contributed by atoms with Crippen LogP contribution in [-0.2, 0) is 6.18 Å². The Morgan fingerprint density at radius 3 is 2.63 bits per heavy atom. The highest BCUT2D eigenvalue weighted by molar-refractivity contribution is 6.31. The number of alkyl halides is 3. The average molecular weight is 396 g/mol. The van der Waals surface area contributed by atoms with Gasteiger partial charge in [-0.05, 0) is 42.8 Å². The van der Waals surface area contributed by atoms with E-state index in [1.165, 1.54) is 30.3 Å². The van der Waals surface area contributed by atoms with E-state index in [9.17, 15) is 23.1 Å². The Bertz CT molecular complexity index is 1020. The Kier molecular flexibility index (Phi) is 4.84. The highest BCUT2D eigenvalue weighted by atomic mass is 35.5. The third-order valence-electron chi connectivity index (χ3n) is 3.86. The number of para-hydroxylation sites is 1. The van der Waals surface area contributed by atoms with Gasteiger partial charge in [0.1, 0.15) is 11.4 Å². The lowest BCUT2D eigenvalue weighted by Crippen LogP contribution is -2.16. The molecule has 3 N–H and O–H groups in total. The molecule has 27 heavy (non-hydrogen) atoms. The third-order valence-corrected chi connectivity index (χ3v) is 4.26. The summed E-state index contributed by atoms with van der Waals surface area (Å²) < 4.78 is 39.1. The van der Waals surface area contributed by atoms with E-state index in [2.05, 4.69) is 15.5 Å². The van der Waals surface area contributed by atoms with Gasteiger partial charge in [-0.25, -0.2) is 0 Å². The van der Waals surface area contributed by atoms with Crippen molar-refractivity contribution in [1.29, 1.82) is 0 Å². The lowest BCUT2D eigenvalue weighted by atomic mass is 10.1. The van der Waals surface area contributed by atoms with Gasteiger partial charge in [0.2, 0.25) is 0 Å². The first-order valence-electron chi connectivity index (χ1n) is 7.69. The molecule has 0 saturated carbocycles. The summed E-state index contributed by atoms with van der Waals surface area (Å²) in [6.07, 6.45) is -4.60. The number of aryl methyl sites for hydroxylation is 1. The average Bonchev–Trinajstić information content (AvgIpc) is 3.07. The predicted molar refractivity (Wildman–Crippen MR) is 94.8 cm³/mol. The molecule has 0 radical (unpaired) electrons. The molecule has 0 aliphatic carbocycles. The van der Waals surface area contributed by atoms with Crippen molar-refractivity contribution >= 4 is 23.2 Å². The molecule has 0 unspecified atom stereocenters. The molecule has 2 aromatic carbocycles. The van der Waals surface area contributed by atoms with Crippen molar-refractivity contribution in [3.8, 4) is 17.0 Å². The van der Waals surface area contributed by atoms with Crippen molar-refractivity contribution in [2.75, 3.05) is 5.32 Å². The topological polar surface area (TPSA) is 78.0 Å². The number of hydrogen-bond acceptors (Lipinski definition) is 3. The molecular formula is C18H13ClF3N3O2. The number of aromatic hydroxyl groups is 1. The van der Waals surface area contributed by atoms with Crippen LogP contribution in [0.25, 0.3) is 11.3 Å². The van der Waals surface area contributed by atoms with Crippen LogP contribution in [0.3, 0.4) is 0 Å². The summed E-state index contributed by atoms with van der Waals surface area (Å²) in [6, 6.07) is 8.90. The lowest BCUT2D eigenvalue weighted by Gasteiger charge is -2.12. The fourth-order valence-corrected chi connectivity index (χ4v) is 2.64. The Hall–Kier alpha value is -3.00. The van der Waals surface area contributed by atoms with Crippen LogP contribution in [0.2, 0.25) is 5.02 Å². The van der Waals surface area contributed by atoms with Crippen LogP contribution < -0.4 is 5.32 Å². The van der Waals surface area contributed by atoms with Crippen molar-refractivity contribution < 1.29 is 23.1 Å². The molecule has 1 amide bonds. The van der Waals surface area contributed by atoms with Gasteiger partial charge in [0, 0.05) is 10.6 Å². The number of aromatic amines is 1. The first kappa shape index (κ1) is 18.8. The molecule has 0 aliphatic rings. The Morgan fingerprint density at radius 2 is 1.93 bits per heavy atom. The number of carbonyl (C=O) groups is 1. The monoisotopic (exact) mass is 395 g/mol. The van der Waals surface area contributed by atoms with Crippen molar-refractivity contribution in [3.05, 3.63) is 64.3 Å². The van der Waals surface area contributed by atoms with Crippen LogP contribution in [0, 0.1) is 6.92 Å². The largest absolute Gasteiger partial charge is 0.507 e. The minimum atomic E-state index is -4.60. The number of nitrogens with zero attached hydrogens (tertiary/aromatic N) is 1. The quantitative estimate of drug-likeness (QED) is 0.583. The highest BCUT2D eigenvalue weighted by Crippen LogP contribution is 2.35. The van der Waals surface area contributed by atoms with Gasteiger partial charge in [-0.15, -0.1) is 0 Å². The van der Waals surface area contributed by atoms with Crippen molar-refractivity contribution in [3.63, 3.8) is 0 Å². The van der Waals surface area contributed by atoms with E-state index >= 15 is 0 Å². The number of amides is 1. The smallest absolute Gasteiger partial charge is 0.418 e. The molecule has 0 aliphatic heterocycles. The zero-order chi connectivity index (χ0) is 19.8. The van der Waals surface area contributed by atoms with E-state index < -0.39 is 17.6 Å². The highest BCUT2D eigenvalue weighted by Gasteiger charge is 2.33. The van der Waals surface area contributed by atoms with Gasteiger partial charge in [-0.3, -0.25) is 9.89 Å². The lowest BCUT2D eigenvalue weighted by molar-refractivity contribution is -0.136. The van der Waals surface area contributed by atoms with Crippen molar-refractivity contribution in [2.45, 2.75) is 13.1 Å².